The Morgan fingerprint density at radius 3 is 2.50 bits per heavy atom. The smallest absolute Gasteiger partial charge is 0.313 e. The average molecular weight is 433 g/mol. The highest BCUT2D eigenvalue weighted by atomic mass is 16.5. The first-order chi connectivity index (χ1) is 15.1. The number of hydrogen-bond acceptors (Lipinski definition) is 4. The van der Waals surface area contributed by atoms with Gasteiger partial charge < -0.3 is 14.6 Å². The van der Waals surface area contributed by atoms with E-state index in [0.29, 0.717) is 25.2 Å². The lowest BCUT2D eigenvalue weighted by Gasteiger charge is -2.24. The zero-order valence-electron chi connectivity index (χ0n) is 19.8. The van der Waals surface area contributed by atoms with Gasteiger partial charge in [-0.2, -0.15) is 0 Å². The Morgan fingerprint density at radius 2 is 1.75 bits per heavy atom. The third-order valence-corrected chi connectivity index (χ3v) is 6.99. The van der Waals surface area contributed by atoms with Crippen LogP contribution in [0.15, 0.2) is 36.4 Å². The minimum Gasteiger partial charge on any atom is -0.507 e. The predicted octanol–water partition coefficient (Wildman–Crippen LogP) is 6.21. The fourth-order valence-electron chi connectivity index (χ4n) is 4.60. The van der Waals surface area contributed by atoms with Gasteiger partial charge in [0.05, 0.1) is 12.5 Å². The number of hydrogen-bond donors (Lipinski definition) is 1. The van der Waals surface area contributed by atoms with E-state index in [4.69, 9.17) is 9.47 Å². The van der Waals surface area contributed by atoms with E-state index >= 15 is 0 Å². The molecule has 0 aliphatic carbocycles. The molecule has 2 atom stereocenters. The van der Waals surface area contributed by atoms with E-state index in [1.807, 2.05) is 40.7 Å². The Morgan fingerprint density at radius 1 is 1.06 bits per heavy atom. The van der Waals surface area contributed by atoms with Crippen LogP contribution < -0.4 is 4.74 Å². The molecule has 2 unspecified atom stereocenters. The van der Waals surface area contributed by atoms with E-state index in [1.54, 1.807) is 0 Å². The molecule has 0 amide bonds. The highest BCUT2D eigenvalue weighted by Gasteiger charge is 2.38. The number of rotatable bonds is 5. The van der Waals surface area contributed by atoms with Crippen molar-refractivity contribution in [2.24, 2.45) is 0 Å². The van der Waals surface area contributed by atoms with Crippen LogP contribution in [0.5, 0.6) is 11.5 Å². The Labute approximate surface area is 190 Å². The molecule has 1 aliphatic rings. The molecule has 0 aromatic heterocycles. The first-order valence-electron chi connectivity index (χ1n) is 11.3. The lowest BCUT2D eigenvalue weighted by atomic mass is 9.91. The number of carbonyl (C=O) groups is 1. The molecule has 4 heteroatoms. The molecule has 0 saturated heterocycles. The fourth-order valence-corrected chi connectivity index (χ4v) is 4.60. The molecule has 1 heterocycles. The molecule has 0 fully saturated rings. The Bertz CT molecular complexity index is 1170. The van der Waals surface area contributed by atoms with Crippen LogP contribution in [-0.2, 0) is 16.0 Å². The van der Waals surface area contributed by atoms with Gasteiger partial charge in [-0.3, -0.25) is 4.79 Å². The minimum atomic E-state index is -0.456. The summed E-state index contributed by atoms with van der Waals surface area (Å²) in [6.45, 7) is 12.1. The van der Waals surface area contributed by atoms with Crippen LogP contribution in [0.2, 0.25) is 0 Å². The number of esters is 1. The SMILES string of the molecule is Cc1ccc2cc(C(C)C(=O)OCCC3(C)Cc4c(C)c(O)c(C)c(C)c4O3)ccc2c1. The molecule has 0 radical (unpaired) electrons. The van der Waals surface area contributed by atoms with E-state index in [2.05, 4.69) is 37.3 Å². The second-order valence-electron chi connectivity index (χ2n) is 9.51. The molecule has 1 N–H and O–H groups in total. The second-order valence-corrected chi connectivity index (χ2v) is 9.51. The largest absolute Gasteiger partial charge is 0.507 e. The fraction of sp³-hybridized carbons (Fsp3) is 0.393. The summed E-state index contributed by atoms with van der Waals surface area (Å²) in [4.78, 5) is 12.7. The first-order valence-corrected chi connectivity index (χ1v) is 11.3. The molecule has 0 spiro atoms. The normalized spacial score (nSPS) is 18.3. The maximum absolute atomic E-state index is 12.7. The van der Waals surface area contributed by atoms with Gasteiger partial charge in [0, 0.05) is 18.4 Å². The number of carbonyl (C=O) groups excluding carboxylic acids is 1. The molecule has 1 aliphatic heterocycles. The average Bonchev–Trinajstić information content (AvgIpc) is 3.13. The molecule has 168 valence electrons. The van der Waals surface area contributed by atoms with Crippen LogP contribution in [0.3, 0.4) is 0 Å². The Kier molecular flexibility index (Phi) is 5.66. The Hall–Kier alpha value is -3.01. The molecule has 3 aromatic carbocycles. The van der Waals surface area contributed by atoms with Gasteiger partial charge in [-0.05, 0) is 74.6 Å². The third kappa shape index (κ3) is 3.94. The summed E-state index contributed by atoms with van der Waals surface area (Å²) in [6, 6.07) is 12.5. The molecule has 4 rings (SSSR count). The molecule has 0 bridgehead atoms. The summed E-state index contributed by atoms with van der Waals surface area (Å²) in [6.07, 6.45) is 1.29. The van der Waals surface area contributed by atoms with E-state index < -0.39 is 5.60 Å². The van der Waals surface area contributed by atoms with Gasteiger partial charge in [-0.15, -0.1) is 0 Å². The monoisotopic (exact) mass is 432 g/mol. The summed E-state index contributed by atoms with van der Waals surface area (Å²) in [5.41, 5.74) is 5.49. The van der Waals surface area contributed by atoms with Gasteiger partial charge in [0.25, 0.3) is 0 Å². The maximum atomic E-state index is 12.7. The number of phenolic OH excluding ortho intramolecular Hbond substituents is 1. The van der Waals surface area contributed by atoms with Crippen LogP contribution >= 0.6 is 0 Å². The van der Waals surface area contributed by atoms with Crippen molar-refractivity contribution in [2.45, 2.75) is 65.9 Å². The van der Waals surface area contributed by atoms with E-state index in [0.717, 1.165) is 39.0 Å². The molecule has 0 saturated carbocycles. The van der Waals surface area contributed by atoms with Crippen molar-refractivity contribution in [2.75, 3.05) is 6.61 Å². The molecule has 4 nitrogen and oxygen atoms in total. The number of aromatic hydroxyl groups is 1. The zero-order chi connectivity index (χ0) is 23.2. The standard InChI is InChI=1S/C28H32O4/c1-16-7-8-23-14-21(9-10-22(23)13-16)19(4)27(30)31-12-11-28(6)15-24-20(5)25(29)17(2)18(3)26(24)32-28/h7-10,13-14,19,29H,11-12,15H2,1-6H3. The Balaban J connectivity index is 1.40. The molecule has 32 heavy (non-hydrogen) atoms. The van der Waals surface area contributed by atoms with Crippen molar-refractivity contribution in [3.8, 4) is 11.5 Å². The molecule has 3 aromatic rings. The topological polar surface area (TPSA) is 55.8 Å². The molecular formula is C28H32O4. The van der Waals surface area contributed by atoms with Crippen molar-refractivity contribution in [3.05, 3.63) is 69.8 Å². The summed E-state index contributed by atoms with van der Waals surface area (Å²) in [5, 5.41) is 12.7. The van der Waals surface area contributed by atoms with E-state index in [9.17, 15) is 9.90 Å². The zero-order valence-corrected chi connectivity index (χ0v) is 19.8. The van der Waals surface area contributed by atoms with Gasteiger partial charge in [0.1, 0.15) is 17.1 Å². The predicted molar refractivity (Wildman–Crippen MR) is 128 cm³/mol. The third-order valence-electron chi connectivity index (χ3n) is 6.99. The summed E-state index contributed by atoms with van der Waals surface area (Å²) < 4.78 is 12.0. The van der Waals surface area contributed by atoms with Gasteiger partial charge >= 0.3 is 5.97 Å². The molecular weight excluding hydrogens is 400 g/mol. The number of aryl methyl sites for hydroxylation is 1. The quantitative estimate of drug-likeness (QED) is 0.487. The summed E-state index contributed by atoms with van der Waals surface area (Å²) in [7, 11) is 0. The number of ether oxygens (including phenoxy) is 2. The van der Waals surface area contributed by atoms with Gasteiger partial charge in [-0.25, -0.2) is 0 Å². The van der Waals surface area contributed by atoms with Crippen molar-refractivity contribution in [3.63, 3.8) is 0 Å². The van der Waals surface area contributed by atoms with Gasteiger partial charge in [-0.1, -0.05) is 42.0 Å². The van der Waals surface area contributed by atoms with Crippen molar-refractivity contribution >= 4 is 16.7 Å². The van der Waals surface area contributed by atoms with Crippen LogP contribution in [0.25, 0.3) is 10.8 Å². The lowest BCUT2D eigenvalue weighted by Crippen LogP contribution is -2.32. The van der Waals surface area contributed by atoms with Crippen LogP contribution in [-0.4, -0.2) is 23.3 Å². The number of phenols is 1. The van der Waals surface area contributed by atoms with Crippen molar-refractivity contribution < 1.29 is 19.4 Å². The van der Waals surface area contributed by atoms with Crippen LogP contribution in [0.1, 0.15) is 59.6 Å². The van der Waals surface area contributed by atoms with Crippen LogP contribution in [0.4, 0.5) is 0 Å². The second kappa shape index (κ2) is 8.16. The van der Waals surface area contributed by atoms with Crippen LogP contribution in [0, 0.1) is 27.7 Å². The van der Waals surface area contributed by atoms with E-state index in [1.165, 1.54) is 10.9 Å². The highest BCUT2D eigenvalue weighted by Crippen LogP contribution is 2.45. The van der Waals surface area contributed by atoms with Crippen molar-refractivity contribution in [1.82, 2.24) is 0 Å². The number of benzene rings is 3. The maximum Gasteiger partial charge on any atom is 0.313 e. The van der Waals surface area contributed by atoms with Crippen molar-refractivity contribution in [1.29, 1.82) is 0 Å². The van der Waals surface area contributed by atoms with Gasteiger partial charge in [0.2, 0.25) is 0 Å². The summed E-state index contributed by atoms with van der Waals surface area (Å²) >= 11 is 0. The number of fused-ring (bicyclic) bond motifs is 2. The summed E-state index contributed by atoms with van der Waals surface area (Å²) in [5.74, 6) is 0.655. The first kappa shape index (κ1) is 22.2. The highest BCUT2D eigenvalue weighted by molar-refractivity contribution is 5.86. The van der Waals surface area contributed by atoms with E-state index in [-0.39, 0.29) is 11.9 Å². The minimum absolute atomic E-state index is 0.226. The lowest BCUT2D eigenvalue weighted by molar-refractivity contribution is -0.146. The van der Waals surface area contributed by atoms with Gasteiger partial charge in [0.15, 0.2) is 0 Å².